The molecule has 2 aromatic carbocycles. The number of carbonyl (C=O) groups excluding carboxylic acids is 1. The maximum absolute atomic E-state index is 14.1. The molecule has 0 saturated heterocycles. The van der Waals surface area contributed by atoms with Gasteiger partial charge in [0, 0.05) is 0 Å². The van der Waals surface area contributed by atoms with Gasteiger partial charge >= 0.3 is 0 Å². The van der Waals surface area contributed by atoms with Crippen LogP contribution in [-0.2, 0) is 0 Å². The highest BCUT2D eigenvalue weighted by molar-refractivity contribution is 6.38. The number of hydrogen-bond donors (Lipinski definition) is 0. The first-order valence-corrected chi connectivity index (χ1v) is 6.54. The molecule has 0 saturated carbocycles. The average Bonchev–Trinajstić information content (AvgIpc) is 2.39. The molecule has 0 amide bonds. The molecule has 0 radical (unpaired) electrons. The topological polar surface area (TPSA) is 17.1 Å². The Balaban J connectivity index is 2.71. The first-order valence-electron chi connectivity index (χ1n) is 5.78. The molecule has 2 aromatic rings. The van der Waals surface area contributed by atoms with Gasteiger partial charge in [0.2, 0.25) is 5.78 Å². The molecule has 0 unspecified atom stereocenters. The number of halogens is 4. The Morgan fingerprint density at radius 3 is 1.55 bits per heavy atom. The van der Waals surface area contributed by atoms with Crippen molar-refractivity contribution in [1.29, 1.82) is 0 Å². The molecule has 2 rings (SSSR count). The van der Waals surface area contributed by atoms with E-state index in [4.69, 9.17) is 23.2 Å². The fourth-order valence-electron chi connectivity index (χ4n) is 1.85. The lowest BCUT2D eigenvalue weighted by Gasteiger charge is -2.10. The lowest BCUT2D eigenvalue weighted by Crippen LogP contribution is -2.10. The SMILES string of the molecule is Cc1ccc(Cl)c(C(=O)c2c(Cl)ccc(C)c2F)c1F. The van der Waals surface area contributed by atoms with Crippen molar-refractivity contribution in [3.05, 3.63) is 68.2 Å². The number of carbonyl (C=O) groups is 1. The molecule has 0 N–H and O–H groups in total. The molecule has 0 atom stereocenters. The van der Waals surface area contributed by atoms with Crippen LogP contribution in [0.3, 0.4) is 0 Å². The first-order chi connectivity index (χ1) is 9.34. The standard InChI is InChI=1S/C15H10Cl2F2O/c1-7-3-5-9(16)11(13(7)18)15(20)12-10(17)6-4-8(2)14(12)19/h3-6H,1-2H3. The van der Waals surface area contributed by atoms with Gasteiger partial charge < -0.3 is 0 Å². The molecular formula is C15H10Cl2F2O. The van der Waals surface area contributed by atoms with Gasteiger partial charge in [-0.25, -0.2) is 8.78 Å². The van der Waals surface area contributed by atoms with Crippen LogP contribution in [0.4, 0.5) is 8.78 Å². The summed E-state index contributed by atoms with van der Waals surface area (Å²) in [4.78, 5) is 12.4. The van der Waals surface area contributed by atoms with E-state index < -0.39 is 17.4 Å². The van der Waals surface area contributed by atoms with Crippen molar-refractivity contribution in [1.82, 2.24) is 0 Å². The van der Waals surface area contributed by atoms with Gasteiger partial charge in [-0.2, -0.15) is 0 Å². The zero-order valence-corrected chi connectivity index (χ0v) is 12.2. The molecule has 0 spiro atoms. The van der Waals surface area contributed by atoms with Crippen LogP contribution in [0.5, 0.6) is 0 Å². The molecule has 0 aromatic heterocycles. The number of hydrogen-bond acceptors (Lipinski definition) is 1. The molecule has 0 aliphatic carbocycles. The van der Waals surface area contributed by atoms with E-state index in [2.05, 4.69) is 0 Å². The van der Waals surface area contributed by atoms with Gasteiger partial charge in [-0.05, 0) is 37.1 Å². The zero-order chi connectivity index (χ0) is 15.0. The highest BCUT2D eigenvalue weighted by Crippen LogP contribution is 2.30. The highest BCUT2D eigenvalue weighted by Gasteiger charge is 2.25. The van der Waals surface area contributed by atoms with Crippen molar-refractivity contribution in [3.63, 3.8) is 0 Å². The molecule has 0 heterocycles. The van der Waals surface area contributed by atoms with Crippen molar-refractivity contribution in [2.75, 3.05) is 0 Å². The normalized spacial score (nSPS) is 10.7. The summed E-state index contributed by atoms with van der Waals surface area (Å²) in [7, 11) is 0. The molecular weight excluding hydrogens is 305 g/mol. The maximum Gasteiger partial charge on any atom is 0.201 e. The zero-order valence-electron chi connectivity index (χ0n) is 10.7. The van der Waals surface area contributed by atoms with Crippen LogP contribution in [0.25, 0.3) is 0 Å². The van der Waals surface area contributed by atoms with E-state index in [0.717, 1.165) is 0 Å². The summed E-state index contributed by atoms with van der Waals surface area (Å²) in [6.07, 6.45) is 0. The summed E-state index contributed by atoms with van der Waals surface area (Å²) in [5.41, 5.74) is -0.222. The summed E-state index contributed by atoms with van der Waals surface area (Å²) in [5, 5.41) is -0.148. The minimum absolute atomic E-state index is 0.0740. The van der Waals surface area contributed by atoms with E-state index in [1.807, 2.05) is 0 Å². The van der Waals surface area contributed by atoms with Crippen LogP contribution >= 0.6 is 23.2 Å². The summed E-state index contributed by atoms with van der Waals surface area (Å²) >= 11 is 11.7. The predicted octanol–water partition coefficient (Wildman–Crippen LogP) is 5.12. The van der Waals surface area contributed by atoms with E-state index >= 15 is 0 Å². The lowest BCUT2D eigenvalue weighted by atomic mass is 9.98. The van der Waals surface area contributed by atoms with Crippen molar-refractivity contribution >= 4 is 29.0 Å². The van der Waals surface area contributed by atoms with Crippen LogP contribution in [0.2, 0.25) is 10.0 Å². The monoisotopic (exact) mass is 314 g/mol. The second-order valence-corrected chi connectivity index (χ2v) is 5.25. The first kappa shape index (κ1) is 14.9. The Morgan fingerprint density at radius 1 is 0.850 bits per heavy atom. The lowest BCUT2D eigenvalue weighted by molar-refractivity contribution is 0.103. The Bertz CT molecular complexity index is 652. The summed E-state index contributed by atoms with van der Waals surface area (Å²) < 4.78 is 28.2. The molecule has 0 aliphatic heterocycles. The fraction of sp³-hybridized carbons (Fsp3) is 0.133. The number of rotatable bonds is 2. The highest BCUT2D eigenvalue weighted by atomic mass is 35.5. The van der Waals surface area contributed by atoms with Gasteiger partial charge in [0.15, 0.2) is 0 Å². The van der Waals surface area contributed by atoms with E-state index in [9.17, 15) is 13.6 Å². The average molecular weight is 315 g/mol. The Kier molecular flexibility index (Phi) is 4.11. The summed E-state index contributed by atoms with van der Waals surface area (Å²) in [5.74, 6) is -2.39. The molecule has 104 valence electrons. The van der Waals surface area contributed by atoms with Crippen LogP contribution < -0.4 is 0 Å². The molecule has 1 nitrogen and oxygen atoms in total. The maximum atomic E-state index is 14.1. The number of ketones is 1. The van der Waals surface area contributed by atoms with E-state index in [-0.39, 0.29) is 32.3 Å². The van der Waals surface area contributed by atoms with Crippen molar-refractivity contribution < 1.29 is 13.6 Å². The second kappa shape index (κ2) is 5.51. The third kappa shape index (κ3) is 2.43. The van der Waals surface area contributed by atoms with Gasteiger partial charge in [0.05, 0.1) is 21.2 Å². The minimum atomic E-state index is -0.859. The Morgan fingerprint density at radius 2 is 1.20 bits per heavy atom. The molecule has 20 heavy (non-hydrogen) atoms. The van der Waals surface area contributed by atoms with Gasteiger partial charge in [-0.1, -0.05) is 35.3 Å². The number of aryl methyl sites for hydroxylation is 2. The molecule has 0 bridgehead atoms. The van der Waals surface area contributed by atoms with Gasteiger partial charge in [-0.15, -0.1) is 0 Å². The quantitative estimate of drug-likeness (QED) is 0.703. The molecule has 0 aliphatic rings. The predicted molar refractivity (Wildman–Crippen MR) is 75.7 cm³/mol. The fourth-order valence-corrected chi connectivity index (χ4v) is 2.32. The van der Waals surface area contributed by atoms with Gasteiger partial charge in [0.1, 0.15) is 11.6 Å². The van der Waals surface area contributed by atoms with Crippen molar-refractivity contribution in [2.24, 2.45) is 0 Å². The van der Waals surface area contributed by atoms with Crippen molar-refractivity contribution in [2.45, 2.75) is 13.8 Å². The van der Waals surface area contributed by atoms with E-state index in [0.29, 0.717) is 0 Å². The van der Waals surface area contributed by atoms with E-state index in [1.165, 1.54) is 38.1 Å². The smallest absolute Gasteiger partial charge is 0.201 e. The van der Waals surface area contributed by atoms with Gasteiger partial charge in [0.25, 0.3) is 0 Å². The van der Waals surface area contributed by atoms with Crippen LogP contribution in [0.1, 0.15) is 27.0 Å². The Hall–Kier alpha value is -1.45. The van der Waals surface area contributed by atoms with Crippen LogP contribution in [0, 0.1) is 25.5 Å². The van der Waals surface area contributed by atoms with Crippen LogP contribution in [0.15, 0.2) is 24.3 Å². The summed E-state index contributed by atoms with van der Waals surface area (Å²) in [6.45, 7) is 2.99. The van der Waals surface area contributed by atoms with Gasteiger partial charge in [-0.3, -0.25) is 4.79 Å². The third-order valence-electron chi connectivity index (χ3n) is 3.02. The second-order valence-electron chi connectivity index (χ2n) is 4.44. The third-order valence-corrected chi connectivity index (χ3v) is 3.65. The van der Waals surface area contributed by atoms with Crippen LogP contribution in [-0.4, -0.2) is 5.78 Å². The summed E-state index contributed by atoms with van der Waals surface area (Å²) in [6, 6.07) is 5.69. The number of benzene rings is 2. The molecule has 5 heteroatoms. The van der Waals surface area contributed by atoms with E-state index in [1.54, 1.807) is 0 Å². The Labute approximate surface area is 125 Å². The largest absolute Gasteiger partial charge is 0.288 e. The minimum Gasteiger partial charge on any atom is -0.288 e. The van der Waals surface area contributed by atoms with Crippen molar-refractivity contribution in [3.8, 4) is 0 Å². The molecule has 0 fully saturated rings.